The molecule has 0 saturated carbocycles. The Balaban J connectivity index is 0.00000968. The third-order valence-electron chi connectivity index (χ3n) is 8.78. The number of carbonyl (C=O) groups is 2. The number of nitrogens with zero attached hydrogens (tertiary/aromatic N) is 1. The number of amides is 2. The van der Waals surface area contributed by atoms with E-state index >= 15 is 0 Å². The normalized spacial score (nSPS) is 14.8. The fourth-order valence-corrected chi connectivity index (χ4v) is 6.07. The van der Waals surface area contributed by atoms with Gasteiger partial charge in [-0.2, -0.15) is 0 Å². The Hall–Kier alpha value is -2.07. The zero-order chi connectivity index (χ0) is 31.8. The van der Waals surface area contributed by atoms with Crippen molar-refractivity contribution in [1.29, 1.82) is 0 Å². The minimum atomic E-state index is -0.592. The number of unbranched alkanes of at least 4 members (excludes halogenated alkanes) is 3. The van der Waals surface area contributed by atoms with Gasteiger partial charge in [0, 0.05) is 33.2 Å². The number of rotatable bonds is 20. The number of hydrazine groups is 1. The van der Waals surface area contributed by atoms with Crippen molar-refractivity contribution >= 4 is 24.2 Å². The minimum Gasteiger partial charge on any atom is -0.493 e. The molecule has 0 aliphatic carbocycles. The van der Waals surface area contributed by atoms with E-state index < -0.39 is 11.5 Å². The molecule has 1 aromatic carbocycles. The average molecular weight is 642 g/mol. The van der Waals surface area contributed by atoms with Gasteiger partial charge in [-0.15, -0.1) is 12.4 Å². The van der Waals surface area contributed by atoms with Gasteiger partial charge in [-0.25, -0.2) is 5.01 Å². The van der Waals surface area contributed by atoms with E-state index in [0.29, 0.717) is 39.5 Å². The first kappa shape index (κ1) is 40.0. The maximum atomic E-state index is 14.0. The quantitative estimate of drug-likeness (QED) is 0.173. The summed E-state index contributed by atoms with van der Waals surface area (Å²) >= 11 is 0. The van der Waals surface area contributed by atoms with E-state index in [1.54, 1.807) is 14.2 Å². The largest absolute Gasteiger partial charge is 0.493 e. The monoisotopic (exact) mass is 641 g/mol. The number of carbonyl (C=O) groups excluding carboxylic acids is 2. The number of nitrogens with one attached hydrogen (secondary N) is 2. The highest BCUT2D eigenvalue weighted by atomic mass is 35.5. The molecule has 2 rings (SSSR count). The van der Waals surface area contributed by atoms with Crippen LogP contribution in [0.3, 0.4) is 0 Å². The van der Waals surface area contributed by atoms with Crippen LogP contribution in [-0.2, 0) is 25.5 Å². The summed E-state index contributed by atoms with van der Waals surface area (Å²) in [6, 6.07) is 5.57. The van der Waals surface area contributed by atoms with E-state index in [1.165, 1.54) is 5.56 Å². The lowest BCUT2D eigenvalue weighted by Gasteiger charge is -2.41. The second-order valence-electron chi connectivity index (χ2n) is 12.7. The lowest BCUT2D eigenvalue weighted by molar-refractivity contribution is -0.143. The predicted octanol–water partition coefficient (Wildman–Crippen LogP) is 5.83. The summed E-state index contributed by atoms with van der Waals surface area (Å²) in [7, 11) is 3.35. The summed E-state index contributed by atoms with van der Waals surface area (Å²) in [6.45, 7) is 16.2. The van der Waals surface area contributed by atoms with Gasteiger partial charge in [0.2, 0.25) is 5.91 Å². The van der Waals surface area contributed by atoms with E-state index in [-0.39, 0.29) is 42.0 Å². The number of aryl methyl sites for hydroxylation is 1. The highest BCUT2D eigenvalue weighted by Gasteiger charge is 2.45. The molecule has 1 fully saturated rings. The molecule has 1 saturated heterocycles. The van der Waals surface area contributed by atoms with Crippen molar-refractivity contribution < 1.29 is 28.5 Å². The molecule has 9 nitrogen and oxygen atoms in total. The molecule has 254 valence electrons. The van der Waals surface area contributed by atoms with E-state index in [0.717, 1.165) is 56.4 Å². The minimum absolute atomic E-state index is 0. The van der Waals surface area contributed by atoms with E-state index in [4.69, 9.17) is 18.9 Å². The Morgan fingerprint density at radius 3 is 2.16 bits per heavy atom. The summed E-state index contributed by atoms with van der Waals surface area (Å²) in [5.41, 5.74) is 3.69. The predicted molar refractivity (Wildman–Crippen MR) is 178 cm³/mol. The number of ether oxygens (including phenoxy) is 4. The second kappa shape index (κ2) is 20.9. The molecule has 0 unspecified atom stereocenters. The van der Waals surface area contributed by atoms with Crippen LogP contribution in [0.2, 0.25) is 0 Å². The molecule has 0 aromatic heterocycles. The first-order chi connectivity index (χ1) is 20.6. The molecule has 1 aliphatic rings. The topological polar surface area (TPSA) is 98.4 Å². The second-order valence-corrected chi connectivity index (χ2v) is 12.7. The van der Waals surface area contributed by atoms with Crippen LogP contribution >= 0.6 is 12.4 Å². The van der Waals surface area contributed by atoms with Gasteiger partial charge in [0.15, 0.2) is 11.5 Å². The molecule has 44 heavy (non-hydrogen) atoms. The van der Waals surface area contributed by atoms with Crippen LogP contribution in [0.5, 0.6) is 11.5 Å². The standard InChI is InChI=1S/C34H59N3O6.ClH/c1-25(2)31(32(38)36-37-18-22-42-23-19-37)35-33(39)34(26(3)4,27(5)6)17-12-10-9-11-14-28-15-16-29(41-8)30(24-28)43-21-13-20-40-7;/h15-16,24-27,31H,9-14,17-23H2,1-8H3,(H,35,39)(H,36,38);1H/t31-;/m0./s1. The summed E-state index contributed by atoms with van der Waals surface area (Å²) in [5, 5.41) is 5.06. The highest BCUT2D eigenvalue weighted by molar-refractivity contribution is 5.90. The van der Waals surface area contributed by atoms with Crippen LogP contribution in [-0.4, -0.2) is 76.6 Å². The SMILES string of the molecule is COCCCOc1cc(CCCCCCC(C(=O)N[C@H](C(=O)NN2CCOCC2)C(C)C)(C(C)C)C(C)C)ccc1OC.Cl. The zero-order valence-electron chi connectivity index (χ0n) is 28.5. The van der Waals surface area contributed by atoms with Crippen LogP contribution in [0.15, 0.2) is 18.2 Å². The van der Waals surface area contributed by atoms with E-state index in [1.807, 2.05) is 24.9 Å². The van der Waals surface area contributed by atoms with Gasteiger partial charge in [-0.1, -0.05) is 66.9 Å². The third kappa shape index (κ3) is 12.0. The molecule has 2 amide bonds. The number of halogens is 1. The molecule has 2 N–H and O–H groups in total. The number of methoxy groups -OCH3 is 2. The van der Waals surface area contributed by atoms with Crippen LogP contribution in [0.4, 0.5) is 0 Å². The Bertz CT molecular complexity index is 960. The van der Waals surface area contributed by atoms with Crippen molar-refractivity contribution in [3.05, 3.63) is 23.8 Å². The lowest BCUT2D eigenvalue weighted by atomic mass is 9.65. The lowest BCUT2D eigenvalue weighted by Crippen LogP contribution is -2.59. The van der Waals surface area contributed by atoms with Crippen molar-refractivity contribution in [1.82, 2.24) is 15.8 Å². The van der Waals surface area contributed by atoms with Gasteiger partial charge in [-0.3, -0.25) is 15.0 Å². The first-order valence-electron chi connectivity index (χ1n) is 16.3. The molecule has 1 heterocycles. The fourth-order valence-electron chi connectivity index (χ4n) is 6.07. The third-order valence-corrected chi connectivity index (χ3v) is 8.78. The number of morpholine rings is 1. The van der Waals surface area contributed by atoms with Crippen molar-refractivity contribution in [2.24, 2.45) is 23.2 Å². The van der Waals surface area contributed by atoms with Crippen molar-refractivity contribution in [3.63, 3.8) is 0 Å². The first-order valence-corrected chi connectivity index (χ1v) is 16.3. The number of benzene rings is 1. The highest BCUT2D eigenvalue weighted by Crippen LogP contribution is 2.41. The van der Waals surface area contributed by atoms with Crippen molar-refractivity contribution in [2.45, 2.75) is 92.5 Å². The van der Waals surface area contributed by atoms with Crippen molar-refractivity contribution in [2.75, 3.05) is 53.7 Å². The Morgan fingerprint density at radius 2 is 1.57 bits per heavy atom. The van der Waals surface area contributed by atoms with Crippen LogP contribution in [0.25, 0.3) is 0 Å². The number of hydrogen-bond acceptors (Lipinski definition) is 7. The molecule has 0 radical (unpaired) electrons. The maximum absolute atomic E-state index is 14.0. The summed E-state index contributed by atoms with van der Waals surface area (Å²) in [4.78, 5) is 27.2. The molecule has 0 spiro atoms. The van der Waals surface area contributed by atoms with E-state index in [9.17, 15) is 9.59 Å². The molecule has 1 atom stereocenters. The van der Waals surface area contributed by atoms with Gasteiger partial charge < -0.3 is 24.3 Å². The number of hydrogen-bond donors (Lipinski definition) is 2. The molecular weight excluding hydrogens is 582 g/mol. The van der Waals surface area contributed by atoms with Gasteiger partial charge in [-0.05, 0) is 54.7 Å². The summed E-state index contributed by atoms with van der Waals surface area (Å²) in [6.07, 6.45) is 6.76. The molecular formula is C34H60ClN3O6. The van der Waals surface area contributed by atoms with Gasteiger partial charge >= 0.3 is 0 Å². The molecule has 0 bridgehead atoms. The summed E-state index contributed by atoms with van der Waals surface area (Å²) < 4.78 is 21.9. The smallest absolute Gasteiger partial charge is 0.257 e. The van der Waals surface area contributed by atoms with Crippen LogP contribution < -0.4 is 20.2 Å². The average Bonchev–Trinajstić information content (AvgIpc) is 2.97. The Morgan fingerprint density at radius 1 is 0.909 bits per heavy atom. The molecule has 1 aromatic rings. The maximum Gasteiger partial charge on any atom is 0.257 e. The van der Waals surface area contributed by atoms with Crippen LogP contribution in [0, 0.1) is 23.2 Å². The fraction of sp³-hybridized carbons (Fsp3) is 0.765. The van der Waals surface area contributed by atoms with Gasteiger partial charge in [0.05, 0.1) is 32.3 Å². The van der Waals surface area contributed by atoms with Gasteiger partial charge in [0.1, 0.15) is 6.04 Å². The Labute approximate surface area is 272 Å². The molecule has 1 aliphatic heterocycles. The zero-order valence-corrected chi connectivity index (χ0v) is 29.4. The van der Waals surface area contributed by atoms with Crippen LogP contribution in [0.1, 0.15) is 85.6 Å². The van der Waals surface area contributed by atoms with Crippen molar-refractivity contribution in [3.8, 4) is 11.5 Å². The van der Waals surface area contributed by atoms with Gasteiger partial charge in [0.25, 0.3) is 5.91 Å². The molecule has 10 heteroatoms. The van der Waals surface area contributed by atoms with E-state index in [2.05, 4.69) is 50.6 Å². The Kier molecular flexibility index (Phi) is 18.9. The summed E-state index contributed by atoms with van der Waals surface area (Å²) in [5.74, 6) is 1.61.